The van der Waals surface area contributed by atoms with Gasteiger partial charge in [0.1, 0.15) is 5.82 Å². The van der Waals surface area contributed by atoms with E-state index < -0.39 is 0 Å². The van der Waals surface area contributed by atoms with Gasteiger partial charge in [-0.1, -0.05) is 180 Å². The first-order chi connectivity index (χ1) is 31.6. The molecule has 0 amide bonds. The Labute approximate surface area is 380 Å². The first kappa shape index (κ1) is 39.2. The summed E-state index contributed by atoms with van der Waals surface area (Å²) in [5, 5.41) is 4.75. The molecule has 2 aliphatic rings. The van der Waals surface area contributed by atoms with E-state index in [2.05, 4.69) is 226 Å². The quantitative estimate of drug-likeness (QED) is 0.168. The van der Waals surface area contributed by atoms with Gasteiger partial charge in [-0.25, -0.2) is 4.98 Å². The van der Waals surface area contributed by atoms with E-state index in [1.165, 1.54) is 50.5 Å². The molecule has 3 aromatic heterocycles. The van der Waals surface area contributed by atoms with E-state index in [4.69, 9.17) is 15.0 Å². The molecule has 0 radical (unpaired) electrons. The van der Waals surface area contributed by atoms with Crippen molar-refractivity contribution in [3.05, 3.63) is 199 Å². The minimum absolute atomic E-state index is 0.0370. The van der Waals surface area contributed by atoms with Crippen LogP contribution in [0.3, 0.4) is 0 Å². The van der Waals surface area contributed by atoms with Crippen LogP contribution in [0, 0.1) is 5.92 Å². The van der Waals surface area contributed by atoms with Crippen molar-refractivity contribution in [2.75, 3.05) is 0 Å². The van der Waals surface area contributed by atoms with Gasteiger partial charge in [-0.2, -0.15) is 9.97 Å². The Balaban J connectivity index is 1.06. The van der Waals surface area contributed by atoms with Crippen LogP contribution in [-0.4, -0.2) is 24.1 Å². The number of allylic oxidation sites excluding steroid dienone is 4. The van der Waals surface area contributed by atoms with Crippen LogP contribution < -0.4 is 0 Å². The summed E-state index contributed by atoms with van der Waals surface area (Å²) in [5.41, 5.74) is 14.5. The lowest BCUT2D eigenvalue weighted by molar-refractivity contribution is 0.233. The molecule has 0 saturated heterocycles. The monoisotopic (exact) mass is 841 g/mol. The molecule has 316 valence electrons. The van der Waals surface area contributed by atoms with Gasteiger partial charge in [0.15, 0.2) is 5.82 Å². The highest BCUT2D eigenvalue weighted by Gasteiger charge is 2.42. The molecule has 2 aliphatic carbocycles. The van der Waals surface area contributed by atoms with Gasteiger partial charge in [-0.05, 0) is 99.4 Å². The summed E-state index contributed by atoms with van der Waals surface area (Å²) in [5.74, 6) is 2.68. The highest BCUT2D eigenvalue weighted by Crippen LogP contribution is 2.50. The molecule has 5 nitrogen and oxygen atoms in total. The zero-order valence-electron chi connectivity index (χ0n) is 37.6. The fraction of sp³-hybridized carbons (Fsp3) is 0.183. The van der Waals surface area contributed by atoms with Crippen LogP contribution in [0.4, 0.5) is 0 Å². The van der Waals surface area contributed by atoms with Gasteiger partial charge in [-0.15, -0.1) is 0 Å². The Kier molecular flexibility index (Phi) is 8.97. The van der Waals surface area contributed by atoms with Crippen LogP contribution >= 0.6 is 0 Å². The van der Waals surface area contributed by atoms with Gasteiger partial charge in [0, 0.05) is 38.7 Å². The predicted molar refractivity (Wildman–Crippen MR) is 270 cm³/mol. The highest BCUT2D eigenvalue weighted by molar-refractivity contribution is 6.19. The summed E-state index contributed by atoms with van der Waals surface area (Å²) in [6.45, 7) is 12.1. The lowest BCUT2D eigenvalue weighted by Gasteiger charge is -2.46. The smallest absolute Gasteiger partial charge is 0.238 e. The van der Waals surface area contributed by atoms with Gasteiger partial charge in [0.25, 0.3) is 0 Å². The Morgan fingerprint density at radius 3 is 1.86 bits per heavy atom. The van der Waals surface area contributed by atoms with Crippen molar-refractivity contribution in [3.63, 3.8) is 0 Å². The molecule has 2 unspecified atom stereocenters. The van der Waals surface area contributed by atoms with E-state index in [0.29, 0.717) is 17.7 Å². The Morgan fingerprint density at radius 1 is 0.492 bits per heavy atom. The van der Waals surface area contributed by atoms with Crippen molar-refractivity contribution in [2.45, 2.75) is 64.2 Å². The van der Waals surface area contributed by atoms with E-state index in [1.54, 1.807) is 0 Å². The first-order valence-corrected chi connectivity index (χ1v) is 23.1. The van der Waals surface area contributed by atoms with Crippen molar-refractivity contribution >= 4 is 43.6 Å². The summed E-state index contributed by atoms with van der Waals surface area (Å²) in [4.78, 5) is 15.9. The van der Waals surface area contributed by atoms with E-state index in [0.717, 1.165) is 56.4 Å². The molecule has 7 aromatic carbocycles. The summed E-state index contributed by atoms with van der Waals surface area (Å²) in [7, 11) is 0. The van der Waals surface area contributed by atoms with Crippen molar-refractivity contribution < 1.29 is 0 Å². The number of hydrogen-bond donors (Lipinski definition) is 0. The fourth-order valence-electron chi connectivity index (χ4n) is 11.0. The van der Waals surface area contributed by atoms with Gasteiger partial charge in [0.05, 0.1) is 22.1 Å². The molecular weight excluding hydrogens is 791 g/mol. The van der Waals surface area contributed by atoms with Crippen molar-refractivity contribution in [2.24, 2.45) is 5.92 Å². The number of fused-ring (bicyclic) bond motifs is 7. The minimum atomic E-state index is 0.0370. The second kappa shape index (κ2) is 14.9. The van der Waals surface area contributed by atoms with Crippen LogP contribution in [0.2, 0.25) is 0 Å². The van der Waals surface area contributed by atoms with Crippen molar-refractivity contribution in [1.29, 1.82) is 0 Å². The second-order valence-electron chi connectivity index (χ2n) is 19.5. The van der Waals surface area contributed by atoms with E-state index >= 15 is 0 Å². The van der Waals surface area contributed by atoms with E-state index in [9.17, 15) is 0 Å². The molecule has 10 aromatic rings. The van der Waals surface area contributed by atoms with Crippen LogP contribution in [0.15, 0.2) is 182 Å². The van der Waals surface area contributed by atoms with Gasteiger partial charge in [-0.3, -0.25) is 4.57 Å². The standard InChI is InChI=1S/C60H51N5/c1-38-37-59(2,3)51-34-44(31-32-50(51)60(38,4)5)43-21-16-22-45(33-43)64-52-25-14-12-23-46(52)48-35-49-47-24-13-15-26-53(47)65(55(49)36-54(48)64)58-62-56(41-19-10-7-11-20-41)61-57(63-58)42-29-27-40(28-30-42)39-17-8-6-9-18-39/h6-19,21-36,38,41H,20,37H2,1-5H3. The maximum Gasteiger partial charge on any atom is 0.238 e. The van der Waals surface area contributed by atoms with E-state index in [-0.39, 0.29) is 16.7 Å². The molecule has 3 heterocycles. The number of nitrogens with zero attached hydrogens (tertiary/aromatic N) is 5. The molecule has 0 fully saturated rings. The molecule has 65 heavy (non-hydrogen) atoms. The first-order valence-electron chi connectivity index (χ1n) is 23.1. The maximum absolute atomic E-state index is 5.34. The fourth-order valence-corrected chi connectivity index (χ4v) is 11.0. The Bertz CT molecular complexity index is 3560. The molecule has 0 N–H and O–H groups in total. The van der Waals surface area contributed by atoms with Gasteiger partial charge >= 0.3 is 0 Å². The van der Waals surface area contributed by atoms with Crippen LogP contribution in [0.25, 0.3) is 88.9 Å². The highest BCUT2D eigenvalue weighted by atomic mass is 15.2. The average Bonchev–Trinajstić information content (AvgIpc) is 3.85. The second-order valence-corrected chi connectivity index (χ2v) is 19.5. The molecule has 2 atom stereocenters. The Morgan fingerprint density at radius 2 is 1.12 bits per heavy atom. The van der Waals surface area contributed by atoms with E-state index in [1.807, 2.05) is 0 Å². The Hall–Kier alpha value is -7.37. The summed E-state index contributed by atoms with van der Waals surface area (Å²) in [6.07, 6.45) is 10.6. The lowest BCUT2D eigenvalue weighted by Crippen LogP contribution is -2.40. The molecular formula is C60H51N5. The minimum Gasteiger partial charge on any atom is -0.309 e. The number of hydrogen-bond acceptors (Lipinski definition) is 3. The normalized spacial score (nSPS) is 17.6. The summed E-state index contributed by atoms with van der Waals surface area (Å²) in [6, 6.07) is 57.7. The third-order valence-corrected chi connectivity index (χ3v) is 14.8. The van der Waals surface area contributed by atoms with Crippen molar-refractivity contribution in [1.82, 2.24) is 24.1 Å². The number of para-hydroxylation sites is 2. The molecule has 5 heteroatoms. The molecule has 0 saturated carbocycles. The molecule has 0 aliphatic heterocycles. The number of benzene rings is 7. The van der Waals surface area contributed by atoms with Crippen LogP contribution in [0.5, 0.6) is 0 Å². The maximum atomic E-state index is 5.34. The predicted octanol–water partition coefficient (Wildman–Crippen LogP) is 15.3. The SMILES string of the molecule is CC1CC(C)(C)c2cc(-c3cccc(-n4c5ccccc5c5cc6c7ccccc7n(-c7nc(-c8ccc(-c9ccccc9)cc8)nc(C8C=CC=CC8)n7)c6cc54)c3)ccc2C1(C)C. The van der Waals surface area contributed by atoms with Crippen LogP contribution in [-0.2, 0) is 10.8 Å². The largest absolute Gasteiger partial charge is 0.309 e. The summed E-state index contributed by atoms with van der Waals surface area (Å²) >= 11 is 0. The number of rotatable bonds is 6. The summed E-state index contributed by atoms with van der Waals surface area (Å²) < 4.78 is 4.70. The molecule has 12 rings (SSSR count). The van der Waals surface area contributed by atoms with Gasteiger partial charge < -0.3 is 4.57 Å². The van der Waals surface area contributed by atoms with Crippen molar-refractivity contribution in [3.8, 4) is 45.3 Å². The zero-order valence-corrected chi connectivity index (χ0v) is 37.6. The third kappa shape index (κ3) is 6.39. The average molecular weight is 842 g/mol. The third-order valence-electron chi connectivity index (χ3n) is 14.8. The number of aromatic nitrogens is 5. The molecule has 0 bridgehead atoms. The zero-order chi connectivity index (χ0) is 44.0. The molecule has 0 spiro atoms. The van der Waals surface area contributed by atoms with Crippen LogP contribution in [0.1, 0.15) is 70.3 Å². The van der Waals surface area contributed by atoms with Gasteiger partial charge in [0.2, 0.25) is 5.95 Å². The lowest BCUT2D eigenvalue weighted by atomic mass is 9.58. The topological polar surface area (TPSA) is 48.5 Å².